The van der Waals surface area contributed by atoms with Crippen LogP contribution >= 0.6 is 0 Å². The molecule has 0 radical (unpaired) electrons. The van der Waals surface area contributed by atoms with E-state index in [1.54, 1.807) is 42.5 Å². The number of fused-ring (bicyclic) bond motifs is 1. The van der Waals surface area contributed by atoms with Crippen LogP contribution in [0, 0.1) is 13.8 Å². The minimum Gasteiger partial charge on any atom is -0.489 e. The van der Waals surface area contributed by atoms with E-state index in [1.807, 2.05) is 13.8 Å². The first-order chi connectivity index (χ1) is 15.0. The van der Waals surface area contributed by atoms with Gasteiger partial charge < -0.3 is 18.7 Å². The van der Waals surface area contributed by atoms with Gasteiger partial charge in [-0.3, -0.25) is 20.4 Å². The van der Waals surface area contributed by atoms with Gasteiger partial charge in [-0.05, 0) is 50.2 Å². The summed E-state index contributed by atoms with van der Waals surface area (Å²) in [5, 5.41) is 3.89. The van der Waals surface area contributed by atoms with E-state index in [1.165, 1.54) is 0 Å². The minimum atomic E-state index is -0.478. The van der Waals surface area contributed by atoms with Crippen molar-refractivity contribution in [1.29, 1.82) is 0 Å². The maximum absolute atomic E-state index is 12.5. The smallest absolute Gasteiger partial charge is 0.269 e. The molecule has 31 heavy (non-hydrogen) atoms. The highest BCUT2D eigenvalue weighted by Gasteiger charge is 2.16. The van der Waals surface area contributed by atoms with Crippen LogP contribution in [-0.4, -0.2) is 30.2 Å². The van der Waals surface area contributed by atoms with Gasteiger partial charge in [0, 0.05) is 11.1 Å². The molecule has 0 saturated carbocycles. The molecule has 1 aromatic heterocycles. The summed E-state index contributed by atoms with van der Waals surface area (Å²) < 4.78 is 21.8. The molecular weight excluding hydrogens is 402 g/mol. The molecule has 0 fully saturated rings. The quantitative estimate of drug-likeness (QED) is 0.607. The Balaban J connectivity index is 1.35. The summed E-state index contributed by atoms with van der Waals surface area (Å²) in [5.74, 6) is 1.32. The van der Waals surface area contributed by atoms with Gasteiger partial charge in [-0.15, -0.1) is 0 Å². The number of aromatic nitrogens is 1. The van der Waals surface area contributed by atoms with Crippen LogP contribution in [0.2, 0.25) is 0 Å². The second kappa shape index (κ2) is 8.78. The number of amides is 2. The lowest BCUT2D eigenvalue weighted by molar-refractivity contribution is 0.0846. The Morgan fingerprint density at radius 3 is 2.39 bits per heavy atom. The van der Waals surface area contributed by atoms with E-state index in [2.05, 4.69) is 16.0 Å². The number of hydrazine groups is 1. The van der Waals surface area contributed by atoms with E-state index in [-0.39, 0.29) is 6.61 Å². The van der Waals surface area contributed by atoms with Crippen LogP contribution in [0.1, 0.15) is 37.7 Å². The molecule has 0 bridgehead atoms. The predicted molar refractivity (Wildman–Crippen MR) is 109 cm³/mol. The van der Waals surface area contributed by atoms with Gasteiger partial charge in [0.1, 0.15) is 31.3 Å². The molecule has 0 saturated heterocycles. The molecule has 9 nitrogen and oxygen atoms in total. The summed E-state index contributed by atoms with van der Waals surface area (Å²) in [7, 11) is 0. The molecule has 3 aromatic rings. The van der Waals surface area contributed by atoms with Crippen LogP contribution in [0.3, 0.4) is 0 Å². The van der Waals surface area contributed by atoms with E-state index in [9.17, 15) is 9.59 Å². The van der Waals surface area contributed by atoms with Gasteiger partial charge in [-0.1, -0.05) is 11.2 Å². The van der Waals surface area contributed by atoms with E-state index in [0.717, 1.165) is 11.3 Å². The van der Waals surface area contributed by atoms with Gasteiger partial charge >= 0.3 is 0 Å². The van der Waals surface area contributed by atoms with Crippen LogP contribution in [0.25, 0.3) is 0 Å². The van der Waals surface area contributed by atoms with Crippen molar-refractivity contribution in [3.05, 3.63) is 70.6 Å². The first kappa shape index (κ1) is 20.3. The van der Waals surface area contributed by atoms with Gasteiger partial charge in [-0.2, -0.15) is 0 Å². The van der Waals surface area contributed by atoms with Crippen molar-refractivity contribution >= 4 is 11.8 Å². The van der Waals surface area contributed by atoms with Crippen molar-refractivity contribution < 1.29 is 28.3 Å². The van der Waals surface area contributed by atoms with Crippen LogP contribution in [0.15, 0.2) is 47.0 Å². The molecule has 4 rings (SSSR count). The molecule has 2 heterocycles. The molecule has 160 valence electrons. The summed E-state index contributed by atoms with van der Waals surface area (Å²) in [6, 6.07) is 11.5. The van der Waals surface area contributed by atoms with Crippen LogP contribution in [0.5, 0.6) is 17.2 Å². The summed E-state index contributed by atoms with van der Waals surface area (Å²) in [4.78, 5) is 24.8. The maximum Gasteiger partial charge on any atom is 0.269 e. The Morgan fingerprint density at radius 1 is 0.968 bits per heavy atom. The Morgan fingerprint density at radius 2 is 1.68 bits per heavy atom. The van der Waals surface area contributed by atoms with Crippen molar-refractivity contribution in [2.45, 2.75) is 20.5 Å². The third-order valence-electron chi connectivity index (χ3n) is 4.75. The molecule has 2 aromatic carbocycles. The summed E-state index contributed by atoms with van der Waals surface area (Å²) in [6.07, 6.45) is 0. The molecular formula is C22H21N3O6. The van der Waals surface area contributed by atoms with Crippen molar-refractivity contribution in [2.75, 3.05) is 13.2 Å². The zero-order valence-corrected chi connectivity index (χ0v) is 17.1. The first-order valence-electron chi connectivity index (χ1n) is 9.66. The standard InChI is InChI=1S/C22H21N3O6/c1-13-18(14(2)31-25-13)12-30-17-5-3-4-15(10-17)21(26)23-24-22(27)16-6-7-19-20(11-16)29-9-8-28-19/h3-7,10-11H,8-9,12H2,1-2H3,(H,23,26)(H,24,27). The highest BCUT2D eigenvalue weighted by molar-refractivity contribution is 5.99. The highest BCUT2D eigenvalue weighted by atomic mass is 16.6. The number of nitrogens with one attached hydrogen (secondary N) is 2. The predicted octanol–water partition coefficient (Wildman–Crippen LogP) is 2.72. The van der Waals surface area contributed by atoms with E-state index in [0.29, 0.717) is 47.3 Å². The van der Waals surface area contributed by atoms with Gasteiger partial charge in [0.05, 0.1) is 11.3 Å². The molecule has 1 aliphatic rings. The van der Waals surface area contributed by atoms with Gasteiger partial charge in [0.2, 0.25) is 0 Å². The van der Waals surface area contributed by atoms with Gasteiger partial charge in [0.25, 0.3) is 11.8 Å². The third kappa shape index (κ3) is 4.61. The number of benzene rings is 2. The molecule has 9 heteroatoms. The maximum atomic E-state index is 12.5. The lowest BCUT2D eigenvalue weighted by Gasteiger charge is -2.18. The number of ether oxygens (including phenoxy) is 3. The number of hydrogen-bond acceptors (Lipinski definition) is 7. The van der Waals surface area contributed by atoms with Crippen molar-refractivity contribution in [3.8, 4) is 17.2 Å². The first-order valence-corrected chi connectivity index (χ1v) is 9.66. The van der Waals surface area contributed by atoms with Crippen LogP contribution in [-0.2, 0) is 6.61 Å². The molecule has 2 N–H and O–H groups in total. The fourth-order valence-electron chi connectivity index (χ4n) is 3.03. The zero-order chi connectivity index (χ0) is 21.8. The number of aryl methyl sites for hydroxylation is 2. The van der Waals surface area contributed by atoms with Crippen molar-refractivity contribution in [3.63, 3.8) is 0 Å². The third-order valence-corrected chi connectivity index (χ3v) is 4.75. The number of carbonyl (C=O) groups is 2. The molecule has 1 aliphatic heterocycles. The van der Waals surface area contributed by atoms with Crippen LogP contribution < -0.4 is 25.1 Å². The van der Waals surface area contributed by atoms with Crippen molar-refractivity contribution in [1.82, 2.24) is 16.0 Å². The molecule has 0 unspecified atom stereocenters. The van der Waals surface area contributed by atoms with E-state index < -0.39 is 11.8 Å². The minimum absolute atomic E-state index is 0.271. The lowest BCUT2D eigenvalue weighted by atomic mass is 10.2. The zero-order valence-electron chi connectivity index (χ0n) is 17.1. The Bertz CT molecular complexity index is 1100. The fourth-order valence-corrected chi connectivity index (χ4v) is 3.03. The van der Waals surface area contributed by atoms with Gasteiger partial charge in [-0.25, -0.2) is 0 Å². The van der Waals surface area contributed by atoms with Crippen LogP contribution in [0.4, 0.5) is 0 Å². The average molecular weight is 423 g/mol. The largest absolute Gasteiger partial charge is 0.489 e. The Kier molecular flexibility index (Phi) is 5.74. The van der Waals surface area contributed by atoms with E-state index >= 15 is 0 Å². The van der Waals surface area contributed by atoms with Gasteiger partial charge in [0.15, 0.2) is 11.5 Å². The monoisotopic (exact) mass is 423 g/mol. The topological polar surface area (TPSA) is 112 Å². The molecule has 0 spiro atoms. The fraction of sp³-hybridized carbons (Fsp3) is 0.227. The normalized spacial score (nSPS) is 12.2. The molecule has 0 aliphatic carbocycles. The number of hydrogen-bond donors (Lipinski definition) is 2. The highest BCUT2D eigenvalue weighted by Crippen LogP contribution is 2.30. The summed E-state index contributed by atoms with van der Waals surface area (Å²) >= 11 is 0. The summed E-state index contributed by atoms with van der Waals surface area (Å²) in [5.41, 5.74) is 7.08. The average Bonchev–Trinajstić information content (AvgIpc) is 3.12. The second-order valence-corrected chi connectivity index (χ2v) is 6.89. The summed E-state index contributed by atoms with van der Waals surface area (Å²) in [6.45, 7) is 4.81. The Labute approximate surface area is 178 Å². The lowest BCUT2D eigenvalue weighted by Crippen LogP contribution is -2.41. The molecule has 2 amide bonds. The van der Waals surface area contributed by atoms with Crippen molar-refractivity contribution in [2.24, 2.45) is 0 Å². The number of rotatable bonds is 5. The molecule has 0 atom stereocenters. The van der Waals surface area contributed by atoms with E-state index in [4.69, 9.17) is 18.7 Å². The Hall–Kier alpha value is -4.01. The number of carbonyl (C=O) groups excluding carboxylic acids is 2. The SMILES string of the molecule is Cc1noc(C)c1COc1cccc(C(=O)NNC(=O)c2ccc3c(c2)OCCO3)c1. The second-order valence-electron chi connectivity index (χ2n) is 6.89. The number of nitrogens with zero attached hydrogens (tertiary/aromatic N) is 1.